The number of fused-ring (bicyclic) bond motifs is 1. The van der Waals surface area contributed by atoms with E-state index in [0.717, 1.165) is 0 Å². The van der Waals surface area contributed by atoms with Crippen LogP contribution in [-0.4, -0.2) is 7.11 Å². The molecule has 0 amide bonds. The van der Waals surface area contributed by atoms with Crippen molar-refractivity contribution in [3.63, 3.8) is 0 Å². The number of aryl methyl sites for hydroxylation is 1. The van der Waals surface area contributed by atoms with Crippen LogP contribution in [0.2, 0.25) is 0 Å². The van der Waals surface area contributed by atoms with Gasteiger partial charge in [-0.15, -0.1) is 0 Å². The number of rotatable bonds is 2. The van der Waals surface area contributed by atoms with Gasteiger partial charge in [-0.1, -0.05) is 63.3 Å². The van der Waals surface area contributed by atoms with Gasteiger partial charge in [-0.25, -0.2) is 0 Å². The molecule has 0 aromatic heterocycles. The zero-order chi connectivity index (χ0) is 16.8. The van der Waals surface area contributed by atoms with Crippen LogP contribution in [-0.2, 0) is 10.3 Å². The van der Waals surface area contributed by atoms with Gasteiger partial charge in [-0.05, 0) is 58.7 Å². The quantitative estimate of drug-likeness (QED) is 0.695. The van der Waals surface area contributed by atoms with Gasteiger partial charge >= 0.3 is 0 Å². The van der Waals surface area contributed by atoms with Crippen molar-refractivity contribution in [1.29, 1.82) is 0 Å². The fourth-order valence-corrected chi connectivity index (χ4v) is 3.70. The maximum Gasteiger partial charge on any atom is 0.134 e. The number of methoxy groups -OCH3 is 1. The lowest BCUT2D eigenvalue weighted by atomic mass is 9.67. The minimum absolute atomic E-state index is 0.0116. The maximum atomic E-state index is 6.24. The molecule has 120 valence electrons. The van der Waals surface area contributed by atoms with Gasteiger partial charge in [0.1, 0.15) is 5.60 Å². The maximum absolute atomic E-state index is 6.24. The van der Waals surface area contributed by atoms with Crippen LogP contribution < -0.4 is 0 Å². The highest BCUT2D eigenvalue weighted by Crippen LogP contribution is 2.50. The first-order valence-electron chi connectivity index (χ1n) is 8.26. The van der Waals surface area contributed by atoms with Gasteiger partial charge in [0.2, 0.25) is 0 Å². The van der Waals surface area contributed by atoms with Crippen molar-refractivity contribution >= 4 is 0 Å². The third-order valence-electron chi connectivity index (χ3n) is 5.08. The van der Waals surface area contributed by atoms with Crippen molar-refractivity contribution in [1.82, 2.24) is 0 Å². The predicted molar refractivity (Wildman–Crippen MR) is 97.4 cm³/mol. The summed E-state index contributed by atoms with van der Waals surface area (Å²) in [6, 6.07) is 6.50. The first kappa shape index (κ1) is 16.0. The zero-order valence-electron chi connectivity index (χ0n) is 15.0. The molecule has 0 saturated heterocycles. The van der Waals surface area contributed by atoms with Gasteiger partial charge in [0.15, 0.2) is 0 Å². The summed E-state index contributed by atoms with van der Waals surface area (Å²) < 4.78 is 6.24. The molecule has 0 N–H and O–H groups in total. The molecule has 0 bridgehead atoms. The zero-order valence-corrected chi connectivity index (χ0v) is 15.0. The lowest BCUT2D eigenvalue weighted by Gasteiger charge is -2.43. The summed E-state index contributed by atoms with van der Waals surface area (Å²) >= 11 is 0. The van der Waals surface area contributed by atoms with Crippen LogP contribution in [0.3, 0.4) is 0 Å². The normalized spacial score (nSPS) is 23.3. The summed E-state index contributed by atoms with van der Waals surface area (Å²) in [5.41, 5.74) is 7.19. The van der Waals surface area contributed by atoms with E-state index in [2.05, 4.69) is 83.2 Å². The molecule has 1 atom stereocenters. The van der Waals surface area contributed by atoms with Crippen molar-refractivity contribution in [2.45, 2.75) is 40.2 Å². The molecule has 1 unspecified atom stereocenters. The summed E-state index contributed by atoms with van der Waals surface area (Å²) in [6.45, 7) is 11.2. The van der Waals surface area contributed by atoms with E-state index >= 15 is 0 Å². The Hall–Kier alpha value is -1.86. The highest BCUT2D eigenvalue weighted by atomic mass is 16.5. The Kier molecular flexibility index (Phi) is 3.72. The minimum atomic E-state index is -0.504. The minimum Gasteiger partial charge on any atom is -0.365 e. The second-order valence-corrected chi connectivity index (χ2v) is 7.58. The fraction of sp³-hybridized carbons (Fsp3) is 0.364. The Morgan fingerprint density at radius 2 is 1.78 bits per heavy atom. The van der Waals surface area contributed by atoms with E-state index in [0.29, 0.717) is 0 Å². The molecule has 23 heavy (non-hydrogen) atoms. The molecular formula is C22H26O. The molecule has 0 aliphatic heterocycles. The van der Waals surface area contributed by atoms with Gasteiger partial charge in [-0.2, -0.15) is 0 Å². The summed E-state index contributed by atoms with van der Waals surface area (Å²) in [6.07, 6.45) is 11.1. The summed E-state index contributed by atoms with van der Waals surface area (Å²) in [5, 5.41) is 0. The lowest BCUT2D eigenvalue weighted by molar-refractivity contribution is 0.0441. The largest absolute Gasteiger partial charge is 0.365 e. The molecule has 0 heterocycles. The van der Waals surface area contributed by atoms with E-state index in [1.54, 1.807) is 0 Å². The van der Waals surface area contributed by atoms with E-state index < -0.39 is 5.60 Å². The molecule has 1 aromatic carbocycles. The molecule has 2 aliphatic rings. The third-order valence-corrected chi connectivity index (χ3v) is 5.08. The van der Waals surface area contributed by atoms with Crippen LogP contribution >= 0.6 is 0 Å². The van der Waals surface area contributed by atoms with Gasteiger partial charge in [0.05, 0.1) is 0 Å². The first-order chi connectivity index (χ1) is 10.8. The summed E-state index contributed by atoms with van der Waals surface area (Å²) in [5.74, 6) is 0. The highest BCUT2D eigenvalue weighted by molar-refractivity contribution is 5.63. The van der Waals surface area contributed by atoms with E-state index in [9.17, 15) is 0 Å². The molecule has 1 aromatic rings. The standard InChI is InChI=1S/C22H26O/c1-15-9-7-12-19(16(15)2)22(23-6)14-18-11-8-10-17(18)13-20(22)21(3,4)5/h7-14H,1-6H3. The van der Waals surface area contributed by atoms with Gasteiger partial charge in [0.25, 0.3) is 0 Å². The van der Waals surface area contributed by atoms with E-state index in [4.69, 9.17) is 4.74 Å². The molecule has 1 heteroatoms. The Morgan fingerprint density at radius 1 is 1.04 bits per heavy atom. The van der Waals surface area contributed by atoms with E-state index in [1.165, 1.54) is 33.4 Å². The van der Waals surface area contributed by atoms with Crippen LogP contribution in [0.15, 0.2) is 65.3 Å². The molecule has 0 fully saturated rings. The second-order valence-electron chi connectivity index (χ2n) is 7.58. The second kappa shape index (κ2) is 5.35. The predicted octanol–water partition coefficient (Wildman–Crippen LogP) is 5.55. The summed E-state index contributed by atoms with van der Waals surface area (Å²) in [7, 11) is 1.83. The Morgan fingerprint density at radius 3 is 2.43 bits per heavy atom. The number of benzene rings is 1. The van der Waals surface area contributed by atoms with Gasteiger partial charge in [0, 0.05) is 7.11 Å². The molecule has 0 spiro atoms. The Bertz CT molecular complexity index is 766. The Balaban J connectivity index is 2.32. The SMILES string of the molecule is COC1(c2cccc(C)c2C)C=C2C=CC=C2C=C1C(C)(C)C. The monoisotopic (exact) mass is 306 g/mol. The average Bonchev–Trinajstić information content (AvgIpc) is 2.94. The Labute approximate surface area is 140 Å². The smallest absolute Gasteiger partial charge is 0.134 e. The van der Waals surface area contributed by atoms with Crippen molar-refractivity contribution in [3.05, 3.63) is 82.0 Å². The molecule has 0 radical (unpaired) electrons. The molecule has 1 nitrogen and oxygen atoms in total. The lowest BCUT2D eigenvalue weighted by Crippen LogP contribution is -2.37. The van der Waals surface area contributed by atoms with Crippen LogP contribution in [0.4, 0.5) is 0 Å². The fourth-order valence-electron chi connectivity index (χ4n) is 3.70. The van der Waals surface area contributed by atoms with Crippen molar-refractivity contribution in [2.24, 2.45) is 5.41 Å². The van der Waals surface area contributed by atoms with Crippen LogP contribution in [0, 0.1) is 19.3 Å². The van der Waals surface area contributed by atoms with Crippen LogP contribution in [0.1, 0.15) is 37.5 Å². The van der Waals surface area contributed by atoms with Gasteiger partial charge < -0.3 is 4.74 Å². The highest BCUT2D eigenvalue weighted by Gasteiger charge is 2.43. The van der Waals surface area contributed by atoms with Crippen molar-refractivity contribution < 1.29 is 4.74 Å². The first-order valence-corrected chi connectivity index (χ1v) is 8.26. The average molecular weight is 306 g/mol. The van der Waals surface area contributed by atoms with E-state index in [1.807, 2.05) is 7.11 Å². The molecule has 0 saturated carbocycles. The van der Waals surface area contributed by atoms with E-state index in [-0.39, 0.29) is 5.41 Å². The number of allylic oxidation sites excluding steroid dienone is 6. The summed E-state index contributed by atoms with van der Waals surface area (Å²) in [4.78, 5) is 0. The number of ether oxygens (including phenoxy) is 1. The van der Waals surface area contributed by atoms with Gasteiger partial charge in [-0.3, -0.25) is 0 Å². The topological polar surface area (TPSA) is 9.23 Å². The van der Waals surface area contributed by atoms with Crippen LogP contribution in [0.5, 0.6) is 0 Å². The van der Waals surface area contributed by atoms with Crippen molar-refractivity contribution in [3.8, 4) is 0 Å². The third kappa shape index (κ3) is 2.44. The molecule has 2 aliphatic carbocycles. The number of hydrogen-bond donors (Lipinski definition) is 0. The van der Waals surface area contributed by atoms with Crippen molar-refractivity contribution in [2.75, 3.05) is 7.11 Å². The molecule has 3 rings (SSSR count). The number of hydrogen-bond acceptors (Lipinski definition) is 1. The molecular weight excluding hydrogens is 280 g/mol. The van der Waals surface area contributed by atoms with Crippen LogP contribution in [0.25, 0.3) is 0 Å².